The number of pyridine rings is 1. The maximum atomic E-state index is 5.99. The molecule has 0 radical (unpaired) electrons. The van der Waals surface area contributed by atoms with Gasteiger partial charge < -0.3 is 4.74 Å². The first-order valence-corrected chi connectivity index (χ1v) is 7.33. The van der Waals surface area contributed by atoms with Crippen molar-refractivity contribution in [2.75, 3.05) is 6.61 Å². The summed E-state index contributed by atoms with van der Waals surface area (Å²) in [6.45, 7) is 2.74. The topological polar surface area (TPSA) is 22.1 Å². The zero-order chi connectivity index (χ0) is 14.7. The van der Waals surface area contributed by atoms with Crippen molar-refractivity contribution < 1.29 is 4.74 Å². The van der Waals surface area contributed by atoms with Crippen LogP contribution >= 0.6 is 11.6 Å². The molecule has 0 amide bonds. The summed E-state index contributed by atoms with van der Waals surface area (Å²) in [6.07, 6.45) is 2.64. The molecule has 1 heterocycles. The molecule has 0 saturated carbocycles. The quantitative estimate of drug-likeness (QED) is 0.689. The lowest BCUT2D eigenvalue weighted by Gasteiger charge is -2.09. The van der Waals surface area contributed by atoms with E-state index in [4.69, 9.17) is 16.3 Å². The molecule has 0 saturated heterocycles. The summed E-state index contributed by atoms with van der Waals surface area (Å²) in [5.74, 6) is 0.851. The van der Waals surface area contributed by atoms with Crippen LogP contribution in [0.3, 0.4) is 0 Å². The van der Waals surface area contributed by atoms with Crippen molar-refractivity contribution in [2.45, 2.75) is 13.3 Å². The molecule has 0 fully saturated rings. The minimum Gasteiger partial charge on any atom is -0.492 e. The highest BCUT2D eigenvalue weighted by atomic mass is 35.5. The number of nitrogens with zero attached hydrogens (tertiary/aromatic N) is 1. The van der Waals surface area contributed by atoms with Crippen LogP contribution in [0.2, 0.25) is 5.02 Å². The predicted molar refractivity (Wildman–Crippen MR) is 87.1 cm³/mol. The summed E-state index contributed by atoms with van der Waals surface area (Å²) >= 11 is 5.99. The van der Waals surface area contributed by atoms with Gasteiger partial charge in [0.15, 0.2) is 0 Å². The molecule has 0 bridgehead atoms. The molecule has 0 unspecified atom stereocenters. The van der Waals surface area contributed by atoms with E-state index in [1.165, 1.54) is 11.1 Å². The van der Waals surface area contributed by atoms with Gasteiger partial charge in [0, 0.05) is 23.0 Å². The third-order valence-electron chi connectivity index (χ3n) is 3.43. The van der Waals surface area contributed by atoms with Gasteiger partial charge in [0.05, 0.1) is 12.1 Å². The second-order valence-electron chi connectivity index (χ2n) is 5.05. The second-order valence-corrected chi connectivity index (χ2v) is 5.49. The molecular formula is C18H16ClNO. The van der Waals surface area contributed by atoms with Gasteiger partial charge in [-0.05, 0) is 36.8 Å². The molecule has 1 aromatic heterocycles. The van der Waals surface area contributed by atoms with Crippen LogP contribution in [-0.2, 0) is 6.42 Å². The van der Waals surface area contributed by atoms with Crippen LogP contribution in [0.5, 0.6) is 5.75 Å². The molecule has 2 nitrogen and oxygen atoms in total. The molecule has 0 aliphatic carbocycles. The number of halogens is 1. The SMILES string of the molecule is Cc1ccc(CCOc2ccnc3cc(Cl)ccc23)cc1. The van der Waals surface area contributed by atoms with Crippen LogP contribution in [0.25, 0.3) is 10.9 Å². The first-order chi connectivity index (χ1) is 10.2. The molecule has 2 aromatic carbocycles. The monoisotopic (exact) mass is 297 g/mol. The molecule has 0 spiro atoms. The van der Waals surface area contributed by atoms with Gasteiger partial charge in [-0.1, -0.05) is 41.4 Å². The van der Waals surface area contributed by atoms with E-state index in [0.717, 1.165) is 23.1 Å². The van der Waals surface area contributed by atoms with Crippen LogP contribution < -0.4 is 4.74 Å². The van der Waals surface area contributed by atoms with Crippen molar-refractivity contribution >= 4 is 22.5 Å². The molecule has 0 atom stereocenters. The summed E-state index contributed by atoms with van der Waals surface area (Å²) in [5.41, 5.74) is 3.41. The Bertz CT molecular complexity index is 753. The Hall–Kier alpha value is -2.06. The van der Waals surface area contributed by atoms with Gasteiger partial charge >= 0.3 is 0 Å². The zero-order valence-corrected chi connectivity index (χ0v) is 12.6. The van der Waals surface area contributed by atoms with Crippen LogP contribution in [0.1, 0.15) is 11.1 Å². The normalized spacial score (nSPS) is 10.8. The van der Waals surface area contributed by atoms with Crippen LogP contribution in [0.15, 0.2) is 54.7 Å². The smallest absolute Gasteiger partial charge is 0.130 e. The minimum atomic E-state index is 0.644. The lowest BCUT2D eigenvalue weighted by atomic mass is 10.1. The first kappa shape index (κ1) is 13.9. The maximum absolute atomic E-state index is 5.99. The average Bonchev–Trinajstić information content (AvgIpc) is 2.49. The number of hydrogen-bond donors (Lipinski definition) is 0. The summed E-state index contributed by atoms with van der Waals surface area (Å²) in [4.78, 5) is 4.31. The van der Waals surface area contributed by atoms with Gasteiger partial charge in [-0.2, -0.15) is 0 Å². The summed E-state index contributed by atoms with van der Waals surface area (Å²) < 4.78 is 5.91. The lowest BCUT2D eigenvalue weighted by Crippen LogP contribution is -2.02. The summed E-state index contributed by atoms with van der Waals surface area (Å²) in [6, 6.07) is 16.1. The summed E-state index contributed by atoms with van der Waals surface area (Å²) in [5, 5.41) is 1.68. The molecule has 21 heavy (non-hydrogen) atoms. The fourth-order valence-corrected chi connectivity index (χ4v) is 2.42. The number of fused-ring (bicyclic) bond motifs is 1. The van der Waals surface area contributed by atoms with Gasteiger partial charge in [0.2, 0.25) is 0 Å². The highest BCUT2D eigenvalue weighted by molar-refractivity contribution is 6.31. The van der Waals surface area contributed by atoms with Gasteiger partial charge in [0.1, 0.15) is 5.75 Å². The number of ether oxygens (including phenoxy) is 1. The number of rotatable bonds is 4. The van der Waals surface area contributed by atoms with Crippen molar-refractivity contribution in [1.29, 1.82) is 0 Å². The Labute approximate surface area is 129 Å². The Kier molecular flexibility index (Phi) is 4.07. The van der Waals surface area contributed by atoms with Gasteiger partial charge in [-0.25, -0.2) is 0 Å². The highest BCUT2D eigenvalue weighted by Gasteiger charge is 2.04. The van der Waals surface area contributed by atoms with E-state index in [-0.39, 0.29) is 0 Å². The van der Waals surface area contributed by atoms with Crippen molar-refractivity contribution in [3.05, 3.63) is 70.9 Å². The van der Waals surface area contributed by atoms with E-state index in [1.807, 2.05) is 24.3 Å². The molecule has 0 N–H and O–H groups in total. The standard InChI is InChI=1S/C18H16ClNO/c1-13-2-4-14(5-3-13)9-11-21-18-8-10-20-17-12-15(19)6-7-16(17)18/h2-8,10,12H,9,11H2,1H3. The fraction of sp³-hybridized carbons (Fsp3) is 0.167. The predicted octanol–water partition coefficient (Wildman–Crippen LogP) is 4.82. The third kappa shape index (κ3) is 3.34. The largest absolute Gasteiger partial charge is 0.492 e. The van der Waals surface area contributed by atoms with Gasteiger partial charge in [-0.3, -0.25) is 4.98 Å². The Morgan fingerprint density at radius 2 is 1.86 bits per heavy atom. The van der Waals surface area contributed by atoms with Gasteiger partial charge in [0.25, 0.3) is 0 Å². The first-order valence-electron chi connectivity index (χ1n) is 6.95. The molecule has 3 heteroatoms. The van der Waals surface area contributed by atoms with Crippen LogP contribution in [0.4, 0.5) is 0 Å². The van der Waals surface area contributed by atoms with E-state index in [9.17, 15) is 0 Å². The molecule has 106 valence electrons. The number of benzene rings is 2. The summed E-state index contributed by atoms with van der Waals surface area (Å²) in [7, 11) is 0. The van der Waals surface area contributed by atoms with Crippen molar-refractivity contribution in [3.63, 3.8) is 0 Å². The van der Waals surface area contributed by atoms with Crippen LogP contribution in [-0.4, -0.2) is 11.6 Å². The molecule has 3 rings (SSSR count). The average molecular weight is 298 g/mol. The minimum absolute atomic E-state index is 0.644. The van der Waals surface area contributed by atoms with E-state index in [2.05, 4.69) is 36.2 Å². The lowest BCUT2D eigenvalue weighted by molar-refractivity contribution is 0.325. The van der Waals surface area contributed by atoms with E-state index < -0.39 is 0 Å². The molecule has 0 aliphatic rings. The van der Waals surface area contributed by atoms with E-state index in [0.29, 0.717) is 11.6 Å². The van der Waals surface area contributed by atoms with Gasteiger partial charge in [-0.15, -0.1) is 0 Å². The number of aryl methyl sites for hydroxylation is 1. The van der Waals surface area contributed by atoms with Crippen molar-refractivity contribution in [1.82, 2.24) is 4.98 Å². The molecular weight excluding hydrogens is 282 g/mol. The maximum Gasteiger partial charge on any atom is 0.130 e. The van der Waals surface area contributed by atoms with E-state index in [1.54, 1.807) is 6.20 Å². The fourth-order valence-electron chi connectivity index (χ4n) is 2.25. The Morgan fingerprint density at radius 1 is 1.05 bits per heavy atom. The molecule has 0 aliphatic heterocycles. The van der Waals surface area contributed by atoms with Crippen molar-refractivity contribution in [2.24, 2.45) is 0 Å². The highest BCUT2D eigenvalue weighted by Crippen LogP contribution is 2.26. The van der Waals surface area contributed by atoms with Crippen molar-refractivity contribution in [3.8, 4) is 5.75 Å². The third-order valence-corrected chi connectivity index (χ3v) is 3.67. The zero-order valence-electron chi connectivity index (χ0n) is 11.8. The molecule has 3 aromatic rings. The van der Waals surface area contributed by atoms with Crippen LogP contribution in [0, 0.1) is 6.92 Å². The van der Waals surface area contributed by atoms with E-state index >= 15 is 0 Å². The Morgan fingerprint density at radius 3 is 2.67 bits per heavy atom. The number of hydrogen-bond acceptors (Lipinski definition) is 2. The second kappa shape index (κ2) is 6.15. The Balaban J connectivity index is 1.72. The number of aromatic nitrogens is 1.